The number of pyridine rings is 1. The first-order valence-electron chi connectivity index (χ1n) is 7.59. The van der Waals surface area contributed by atoms with Gasteiger partial charge in [0.2, 0.25) is 0 Å². The summed E-state index contributed by atoms with van der Waals surface area (Å²) >= 11 is 0. The van der Waals surface area contributed by atoms with Gasteiger partial charge in [-0.2, -0.15) is 0 Å². The maximum absolute atomic E-state index is 12.8. The average Bonchev–Trinajstić information content (AvgIpc) is 2.54. The van der Waals surface area contributed by atoms with E-state index >= 15 is 0 Å². The maximum Gasteiger partial charge on any atom is 0.197 e. The van der Waals surface area contributed by atoms with E-state index in [1.807, 2.05) is 57.1 Å². The van der Waals surface area contributed by atoms with Gasteiger partial charge in [-0.15, -0.1) is 0 Å². The van der Waals surface area contributed by atoms with Gasteiger partial charge in [-0.1, -0.05) is 12.1 Å². The van der Waals surface area contributed by atoms with Crippen molar-refractivity contribution in [3.63, 3.8) is 0 Å². The summed E-state index contributed by atoms with van der Waals surface area (Å²) in [5, 5.41) is 1.18. The van der Waals surface area contributed by atoms with E-state index in [2.05, 4.69) is 4.98 Å². The number of benzene rings is 2. The van der Waals surface area contributed by atoms with Crippen LogP contribution in [0, 0.1) is 0 Å². The van der Waals surface area contributed by atoms with Crippen LogP contribution in [0.5, 0.6) is 0 Å². The number of hydrogen-bond donors (Lipinski definition) is 1. The number of ketones is 1. The van der Waals surface area contributed by atoms with E-state index in [9.17, 15) is 9.59 Å². The van der Waals surface area contributed by atoms with Gasteiger partial charge in [0.1, 0.15) is 0 Å². The summed E-state index contributed by atoms with van der Waals surface area (Å²) in [6.07, 6.45) is 0. The summed E-state index contributed by atoms with van der Waals surface area (Å²) in [6, 6.07) is 12.7. The SMILES string of the molecule is CN(C)C(C)(C)C(=O)c1ccc2[nH]c3ccccc3c(=O)c2c1. The van der Waals surface area contributed by atoms with Crippen LogP contribution in [0.15, 0.2) is 47.3 Å². The number of Topliss-reactive ketones (excluding diaryl/α,β-unsaturated/α-hetero) is 1. The van der Waals surface area contributed by atoms with Crippen LogP contribution >= 0.6 is 0 Å². The third kappa shape index (κ3) is 2.45. The number of hydrogen-bond acceptors (Lipinski definition) is 3. The normalized spacial score (nSPS) is 12.2. The molecule has 0 saturated heterocycles. The Kier molecular flexibility index (Phi) is 3.57. The Morgan fingerprint density at radius 3 is 2.35 bits per heavy atom. The fraction of sp³-hybridized carbons (Fsp3) is 0.263. The topological polar surface area (TPSA) is 53.2 Å². The van der Waals surface area contributed by atoms with Gasteiger partial charge in [0.15, 0.2) is 11.2 Å². The molecular formula is C19H20N2O2. The van der Waals surface area contributed by atoms with Gasteiger partial charge in [0.25, 0.3) is 0 Å². The predicted octanol–water partition coefficient (Wildman–Crippen LogP) is 3.20. The zero-order chi connectivity index (χ0) is 16.8. The minimum absolute atomic E-state index is 0.00282. The summed E-state index contributed by atoms with van der Waals surface area (Å²) < 4.78 is 0. The first-order valence-corrected chi connectivity index (χ1v) is 7.59. The molecule has 0 aliphatic carbocycles. The maximum atomic E-state index is 12.8. The summed E-state index contributed by atoms with van der Waals surface area (Å²) in [7, 11) is 3.75. The van der Waals surface area contributed by atoms with Crippen molar-refractivity contribution in [3.05, 3.63) is 58.3 Å². The molecule has 3 rings (SSSR count). The lowest BCUT2D eigenvalue weighted by molar-refractivity contribution is 0.0755. The molecule has 0 bridgehead atoms. The Morgan fingerprint density at radius 2 is 1.65 bits per heavy atom. The number of carbonyl (C=O) groups excluding carboxylic acids is 1. The molecule has 0 spiro atoms. The first kappa shape index (κ1) is 15.4. The molecule has 0 radical (unpaired) electrons. The van der Waals surface area contributed by atoms with Crippen LogP contribution in [0.4, 0.5) is 0 Å². The minimum Gasteiger partial charge on any atom is -0.354 e. The number of aromatic nitrogens is 1. The van der Waals surface area contributed by atoms with Gasteiger partial charge in [-0.3, -0.25) is 14.5 Å². The van der Waals surface area contributed by atoms with Crippen LogP contribution in [0.2, 0.25) is 0 Å². The first-order chi connectivity index (χ1) is 10.8. The van der Waals surface area contributed by atoms with Crippen LogP contribution in [0.3, 0.4) is 0 Å². The highest BCUT2D eigenvalue weighted by Gasteiger charge is 2.30. The van der Waals surface area contributed by atoms with E-state index < -0.39 is 5.54 Å². The highest BCUT2D eigenvalue weighted by molar-refractivity contribution is 6.05. The number of aromatic amines is 1. The molecule has 2 aromatic carbocycles. The highest BCUT2D eigenvalue weighted by Crippen LogP contribution is 2.21. The number of H-pyrrole nitrogens is 1. The lowest BCUT2D eigenvalue weighted by atomic mass is 9.91. The zero-order valence-electron chi connectivity index (χ0n) is 13.8. The van der Waals surface area contributed by atoms with Crippen molar-refractivity contribution in [1.29, 1.82) is 0 Å². The molecule has 3 aromatic rings. The lowest BCUT2D eigenvalue weighted by Crippen LogP contribution is -2.45. The number of likely N-dealkylation sites (N-methyl/N-ethyl adjacent to an activating group) is 1. The van der Waals surface area contributed by atoms with Crippen LogP contribution in [0.25, 0.3) is 21.8 Å². The number of fused-ring (bicyclic) bond motifs is 2. The smallest absolute Gasteiger partial charge is 0.197 e. The Bertz CT molecular complexity index is 968. The van der Waals surface area contributed by atoms with Gasteiger partial charge in [-0.05, 0) is 58.3 Å². The fourth-order valence-electron chi connectivity index (χ4n) is 2.62. The third-order valence-electron chi connectivity index (χ3n) is 4.64. The largest absolute Gasteiger partial charge is 0.354 e. The zero-order valence-corrected chi connectivity index (χ0v) is 13.8. The molecule has 4 nitrogen and oxygen atoms in total. The standard InChI is InChI=1S/C19H20N2O2/c1-19(2,21(3)4)18(23)12-9-10-16-14(11-12)17(22)13-7-5-6-8-15(13)20-16/h5-11H,1-4H3,(H,20,22). The van der Waals surface area contributed by atoms with Crippen molar-refractivity contribution in [2.75, 3.05) is 14.1 Å². The van der Waals surface area contributed by atoms with Gasteiger partial charge >= 0.3 is 0 Å². The monoisotopic (exact) mass is 308 g/mol. The molecule has 1 N–H and O–H groups in total. The Morgan fingerprint density at radius 1 is 1.00 bits per heavy atom. The third-order valence-corrected chi connectivity index (χ3v) is 4.64. The van der Waals surface area contributed by atoms with E-state index in [4.69, 9.17) is 0 Å². The molecule has 0 saturated carbocycles. The molecule has 0 fully saturated rings. The molecule has 0 aliphatic heterocycles. The quantitative estimate of drug-likeness (QED) is 0.597. The number of nitrogens with one attached hydrogen (secondary N) is 1. The lowest BCUT2D eigenvalue weighted by Gasteiger charge is -2.30. The minimum atomic E-state index is -0.628. The van der Waals surface area contributed by atoms with E-state index in [1.54, 1.807) is 18.2 Å². The number of nitrogens with zero attached hydrogens (tertiary/aromatic N) is 1. The van der Waals surface area contributed by atoms with Crippen molar-refractivity contribution in [2.24, 2.45) is 0 Å². The number of carbonyl (C=O) groups is 1. The van der Waals surface area contributed by atoms with E-state index in [0.29, 0.717) is 16.3 Å². The van der Waals surface area contributed by atoms with Gasteiger partial charge in [0.05, 0.1) is 5.54 Å². The van der Waals surface area contributed by atoms with Crippen LogP contribution in [0.1, 0.15) is 24.2 Å². The summed E-state index contributed by atoms with van der Waals surface area (Å²) in [6.45, 7) is 3.76. The van der Waals surface area contributed by atoms with Gasteiger partial charge in [-0.25, -0.2) is 0 Å². The second-order valence-electron chi connectivity index (χ2n) is 6.54. The van der Waals surface area contributed by atoms with Crippen molar-refractivity contribution < 1.29 is 4.79 Å². The highest BCUT2D eigenvalue weighted by atomic mass is 16.1. The Labute approximate surface area is 134 Å². The number of rotatable bonds is 3. The van der Waals surface area contributed by atoms with E-state index in [0.717, 1.165) is 11.0 Å². The predicted molar refractivity (Wildman–Crippen MR) is 94.2 cm³/mol. The molecule has 118 valence electrons. The Balaban J connectivity index is 2.23. The van der Waals surface area contributed by atoms with Crippen molar-refractivity contribution in [2.45, 2.75) is 19.4 Å². The molecule has 0 unspecified atom stereocenters. The van der Waals surface area contributed by atoms with E-state index in [-0.39, 0.29) is 11.2 Å². The Hall–Kier alpha value is -2.46. The molecule has 0 amide bonds. The number of para-hydroxylation sites is 1. The van der Waals surface area contributed by atoms with Crippen LogP contribution in [-0.2, 0) is 0 Å². The molecular weight excluding hydrogens is 288 g/mol. The molecule has 1 heterocycles. The van der Waals surface area contributed by atoms with Crippen LogP contribution in [-0.4, -0.2) is 35.3 Å². The molecule has 0 atom stereocenters. The summed E-state index contributed by atoms with van der Waals surface area (Å²) in [5.74, 6) is -0.00282. The van der Waals surface area contributed by atoms with E-state index in [1.165, 1.54) is 0 Å². The molecule has 0 aliphatic rings. The fourth-order valence-corrected chi connectivity index (χ4v) is 2.62. The molecule has 1 aromatic heterocycles. The van der Waals surface area contributed by atoms with Crippen LogP contribution < -0.4 is 5.43 Å². The second kappa shape index (κ2) is 5.32. The van der Waals surface area contributed by atoms with Crippen molar-refractivity contribution >= 4 is 27.6 Å². The summed E-state index contributed by atoms with van der Waals surface area (Å²) in [5.41, 5.74) is 1.42. The van der Waals surface area contributed by atoms with Crippen molar-refractivity contribution in [3.8, 4) is 0 Å². The van der Waals surface area contributed by atoms with Gasteiger partial charge in [0, 0.05) is 27.4 Å². The molecule has 23 heavy (non-hydrogen) atoms. The second-order valence-corrected chi connectivity index (χ2v) is 6.54. The molecule has 4 heteroatoms. The van der Waals surface area contributed by atoms with Gasteiger partial charge < -0.3 is 4.98 Å². The summed E-state index contributed by atoms with van der Waals surface area (Å²) in [4.78, 5) is 30.6. The van der Waals surface area contributed by atoms with Crippen molar-refractivity contribution in [1.82, 2.24) is 9.88 Å². The average molecular weight is 308 g/mol.